The minimum absolute atomic E-state index is 0.105. The number of hydrogen-bond acceptors (Lipinski definition) is 1. The molecule has 0 aliphatic heterocycles. The van der Waals surface area contributed by atoms with Gasteiger partial charge in [0, 0.05) is 10.4 Å². The summed E-state index contributed by atoms with van der Waals surface area (Å²) in [6, 6.07) is 4.62. The van der Waals surface area contributed by atoms with Crippen molar-refractivity contribution >= 4 is 21.7 Å². The summed E-state index contributed by atoms with van der Waals surface area (Å²) in [5.41, 5.74) is 0.921. The summed E-state index contributed by atoms with van der Waals surface area (Å²) in [6.45, 7) is 1.60. The maximum Gasteiger partial charge on any atom is 0.133 e. The van der Waals surface area contributed by atoms with Crippen LogP contribution in [0.15, 0.2) is 22.7 Å². The quantitative estimate of drug-likeness (QED) is 0.794. The molecular weight excluding hydrogens is 247 g/mol. The Morgan fingerprint density at radius 1 is 1.57 bits per heavy atom. The second kappa shape index (κ2) is 3.46. The average molecular weight is 257 g/mol. The molecule has 1 fully saturated rings. The minimum atomic E-state index is -0.239. The van der Waals surface area contributed by atoms with Crippen LogP contribution >= 0.6 is 15.9 Å². The van der Waals surface area contributed by atoms with Gasteiger partial charge in [0.25, 0.3) is 0 Å². The van der Waals surface area contributed by atoms with Gasteiger partial charge in [0.15, 0.2) is 0 Å². The van der Waals surface area contributed by atoms with Gasteiger partial charge in [-0.25, -0.2) is 4.39 Å². The van der Waals surface area contributed by atoms with Crippen LogP contribution in [0.5, 0.6) is 0 Å². The molecule has 2 unspecified atom stereocenters. The van der Waals surface area contributed by atoms with E-state index in [0.717, 1.165) is 16.5 Å². The topological polar surface area (TPSA) is 17.1 Å². The van der Waals surface area contributed by atoms with E-state index in [9.17, 15) is 9.18 Å². The highest BCUT2D eigenvalue weighted by molar-refractivity contribution is 9.10. The molecule has 0 N–H and O–H groups in total. The average Bonchev–Trinajstić information content (AvgIpc) is 2.88. The molecule has 1 aromatic rings. The van der Waals surface area contributed by atoms with Gasteiger partial charge in [-0.2, -0.15) is 0 Å². The molecule has 2 rings (SSSR count). The van der Waals surface area contributed by atoms with Crippen molar-refractivity contribution in [1.29, 1.82) is 0 Å². The smallest absolute Gasteiger partial charge is 0.133 e. The maximum atomic E-state index is 13.0. The van der Waals surface area contributed by atoms with Crippen LogP contribution in [0.1, 0.15) is 24.8 Å². The highest BCUT2D eigenvalue weighted by Crippen LogP contribution is 2.50. The van der Waals surface area contributed by atoms with Crippen molar-refractivity contribution in [3.63, 3.8) is 0 Å². The SMILES string of the molecule is CC(=O)C1CC1c1cc(F)ccc1Br. The zero-order valence-electron chi connectivity index (χ0n) is 7.76. The van der Waals surface area contributed by atoms with Crippen molar-refractivity contribution in [3.05, 3.63) is 34.1 Å². The fraction of sp³-hybridized carbons (Fsp3) is 0.364. The van der Waals surface area contributed by atoms with Gasteiger partial charge in [-0.1, -0.05) is 15.9 Å². The first kappa shape index (κ1) is 9.84. The number of carbonyl (C=O) groups excluding carboxylic acids is 1. The largest absolute Gasteiger partial charge is 0.300 e. The molecule has 0 heterocycles. The molecule has 0 aromatic heterocycles. The molecule has 0 amide bonds. The molecule has 1 aliphatic carbocycles. The summed E-state index contributed by atoms with van der Waals surface area (Å²) >= 11 is 3.37. The lowest BCUT2D eigenvalue weighted by Gasteiger charge is -2.02. The van der Waals surface area contributed by atoms with Gasteiger partial charge in [0.2, 0.25) is 0 Å². The van der Waals surface area contributed by atoms with Crippen LogP contribution in [0.3, 0.4) is 0 Å². The fourth-order valence-electron chi connectivity index (χ4n) is 1.79. The van der Waals surface area contributed by atoms with Crippen LogP contribution in [-0.4, -0.2) is 5.78 Å². The minimum Gasteiger partial charge on any atom is -0.300 e. The summed E-state index contributed by atoms with van der Waals surface area (Å²) in [5, 5.41) is 0. The van der Waals surface area contributed by atoms with E-state index >= 15 is 0 Å². The molecule has 1 aromatic carbocycles. The van der Waals surface area contributed by atoms with Gasteiger partial charge >= 0.3 is 0 Å². The number of halogens is 2. The first-order valence-corrected chi connectivity index (χ1v) is 5.34. The number of rotatable bonds is 2. The van der Waals surface area contributed by atoms with Gasteiger partial charge in [-0.15, -0.1) is 0 Å². The van der Waals surface area contributed by atoms with Crippen molar-refractivity contribution in [2.24, 2.45) is 5.92 Å². The molecule has 3 heteroatoms. The van der Waals surface area contributed by atoms with E-state index in [0.29, 0.717) is 0 Å². The van der Waals surface area contributed by atoms with Gasteiger partial charge in [0.1, 0.15) is 11.6 Å². The van der Waals surface area contributed by atoms with Crippen LogP contribution in [0.4, 0.5) is 4.39 Å². The van der Waals surface area contributed by atoms with Crippen LogP contribution < -0.4 is 0 Å². The van der Waals surface area contributed by atoms with E-state index in [1.807, 2.05) is 0 Å². The molecule has 0 spiro atoms. The van der Waals surface area contributed by atoms with Crippen LogP contribution in [0, 0.1) is 11.7 Å². The Kier molecular flexibility index (Phi) is 2.43. The van der Waals surface area contributed by atoms with Crippen molar-refractivity contribution in [2.45, 2.75) is 19.3 Å². The number of Topliss-reactive ketones (excluding diaryl/α,β-unsaturated/α-hetero) is 1. The molecule has 1 nitrogen and oxygen atoms in total. The molecule has 14 heavy (non-hydrogen) atoms. The molecule has 2 atom stereocenters. The third-order valence-electron chi connectivity index (χ3n) is 2.67. The van der Waals surface area contributed by atoms with Gasteiger partial charge in [0.05, 0.1) is 0 Å². The van der Waals surface area contributed by atoms with Crippen molar-refractivity contribution in [3.8, 4) is 0 Å². The first-order chi connectivity index (χ1) is 6.59. The summed E-state index contributed by atoms with van der Waals surface area (Å²) in [4.78, 5) is 11.1. The molecule has 1 aliphatic rings. The fourth-order valence-corrected chi connectivity index (χ4v) is 2.33. The lowest BCUT2D eigenvalue weighted by atomic mass is 10.1. The normalized spacial score (nSPS) is 24.8. The second-order valence-corrected chi connectivity index (χ2v) is 4.58. The third kappa shape index (κ3) is 1.73. The standard InChI is InChI=1S/C11H10BrFO/c1-6(14)8-5-9(8)10-4-7(13)2-3-11(10)12/h2-4,8-9H,5H2,1H3. The Hall–Kier alpha value is -0.700. The molecule has 0 bridgehead atoms. The second-order valence-electron chi connectivity index (χ2n) is 3.73. The van der Waals surface area contributed by atoms with E-state index in [4.69, 9.17) is 0 Å². The molecule has 1 saturated carbocycles. The zero-order chi connectivity index (χ0) is 10.3. The van der Waals surface area contributed by atoms with E-state index in [2.05, 4.69) is 15.9 Å². The lowest BCUT2D eigenvalue weighted by molar-refractivity contribution is -0.118. The Bertz CT molecular complexity index is 389. The van der Waals surface area contributed by atoms with Crippen molar-refractivity contribution < 1.29 is 9.18 Å². The summed E-state index contributed by atoms with van der Waals surface area (Å²) in [5.74, 6) is 0.286. The van der Waals surface area contributed by atoms with Gasteiger partial charge in [-0.05, 0) is 43.0 Å². The maximum absolute atomic E-state index is 13.0. The van der Waals surface area contributed by atoms with E-state index in [1.165, 1.54) is 12.1 Å². The molecule has 74 valence electrons. The third-order valence-corrected chi connectivity index (χ3v) is 3.39. The highest BCUT2D eigenvalue weighted by atomic mass is 79.9. The number of ketones is 1. The number of carbonyl (C=O) groups is 1. The van der Waals surface area contributed by atoms with Crippen molar-refractivity contribution in [1.82, 2.24) is 0 Å². The Balaban J connectivity index is 2.26. The molecular formula is C11H10BrFO. The lowest BCUT2D eigenvalue weighted by Crippen LogP contribution is -1.95. The van der Waals surface area contributed by atoms with E-state index in [1.54, 1.807) is 13.0 Å². The van der Waals surface area contributed by atoms with Gasteiger partial charge < -0.3 is 0 Å². The van der Waals surface area contributed by atoms with Crippen LogP contribution in [0.2, 0.25) is 0 Å². The molecule has 0 saturated heterocycles. The van der Waals surface area contributed by atoms with E-state index < -0.39 is 0 Å². The number of hydrogen-bond donors (Lipinski definition) is 0. The van der Waals surface area contributed by atoms with E-state index in [-0.39, 0.29) is 23.4 Å². The Morgan fingerprint density at radius 2 is 2.29 bits per heavy atom. The Labute approximate surface area is 90.4 Å². The molecule has 0 radical (unpaired) electrons. The van der Waals surface area contributed by atoms with Gasteiger partial charge in [-0.3, -0.25) is 4.79 Å². The summed E-state index contributed by atoms with van der Waals surface area (Å²) in [6.07, 6.45) is 0.859. The highest BCUT2D eigenvalue weighted by Gasteiger charge is 2.42. The predicted octanol–water partition coefficient (Wildman–Crippen LogP) is 3.28. The van der Waals surface area contributed by atoms with Crippen molar-refractivity contribution in [2.75, 3.05) is 0 Å². The van der Waals surface area contributed by atoms with Crippen LogP contribution in [0.25, 0.3) is 0 Å². The summed E-state index contributed by atoms with van der Waals surface area (Å²) in [7, 11) is 0. The predicted molar refractivity (Wildman–Crippen MR) is 55.6 cm³/mol. The summed E-state index contributed by atoms with van der Waals surface area (Å²) < 4.78 is 13.9. The zero-order valence-corrected chi connectivity index (χ0v) is 9.34. The monoisotopic (exact) mass is 256 g/mol. The Morgan fingerprint density at radius 3 is 2.86 bits per heavy atom. The number of benzene rings is 1. The first-order valence-electron chi connectivity index (χ1n) is 4.55. The van der Waals surface area contributed by atoms with Crippen LogP contribution in [-0.2, 0) is 4.79 Å².